The third-order valence-electron chi connectivity index (χ3n) is 4.70. The van der Waals surface area contributed by atoms with Crippen molar-refractivity contribution >= 4 is 5.97 Å². The lowest BCUT2D eigenvalue weighted by molar-refractivity contribution is -0.140. The Kier molecular flexibility index (Phi) is 6.45. The number of carbonyl (C=O) groups is 1. The van der Waals surface area contributed by atoms with Gasteiger partial charge in [-0.15, -0.1) is 0 Å². The summed E-state index contributed by atoms with van der Waals surface area (Å²) < 4.78 is 0. The number of carboxylic acids is 1. The minimum atomic E-state index is -0.733. The molecule has 2 N–H and O–H groups in total. The van der Waals surface area contributed by atoms with Crippen LogP contribution in [0.25, 0.3) is 0 Å². The van der Waals surface area contributed by atoms with Gasteiger partial charge in [-0.05, 0) is 57.8 Å². The first kappa shape index (κ1) is 16.7. The molecule has 0 saturated carbocycles. The predicted octanol–water partition coefficient (Wildman–Crippen LogP) is 1.25. The summed E-state index contributed by atoms with van der Waals surface area (Å²) in [7, 11) is 0. The van der Waals surface area contributed by atoms with Gasteiger partial charge in [0.2, 0.25) is 0 Å². The third kappa shape index (κ3) is 5.57. The second kappa shape index (κ2) is 8.11. The molecule has 0 aromatic carbocycles. The topological polar surface area (TPSA) is 55.8 Å². The first-order valence-electron chi connectivity index (χ1n) is 8.48. The Morgan fingerprint density at radius 1 is 1.14 bits per heavy atom. The number of hydrogen-bond acceptors (Lipinski definition) is 4. The molecule has 0 spiro atoms. The predicted molar refractivity (Wildman–Crippen MR) is 84.5 cm³/mol. The maximum absolute atomic E-state index is 11.3. The number of hydrogen-bond donors (Lipinski definition) is 2. The van der Waals surface area contributed by atoms with E-state index in [1.54, 1.807) is 0 Å². The van der Waals surface area contributed by atoms with E-state index in [9.17, 15) is 9.90 Å². The molecule has 2 saturated heterocycles. The van der Waals surface area contributed by atoms with Crippen LogP contribution in [0.5, 0.6) is 0 Å². The molecule has 0 amide bonds. The van der Waals surface area contributed by atoms with Gasteiger partial charge in [0, 0.05) is 19.1 Å². The van der Waals surface area contributed by atoms with Crippen molar-refractivity contribution < 1.29 is 9.90 Å². The van der Waals surface area contributed by atoms with Crippen molar-refractivity contribution in [1.29, 1.82) is 0 Å². The first-order chi connectivity index (χ1) is 10.0. The minimum Gasteiger partial charge on any atom is -0.480 e. The van der Waals surface area contributed by atoms with Crippen LogP contribution >= 0.6 is 0 Å². The minimum absolute atomic E-state index is 0.207. The van der Waals surface area contributed by atoms with E-state index in [0.29, 0.717) is 6.54 Å². The Hall–Kier alpha value is -0.650. The van der Waals surface area contributed by atoms with Crippen LogP contribution in [0, 0.1) is 5.92 Å². The van der Waals surface area contributed by atoms with Crippen molar-refractivity contribution in [1.82, 2.24) is 15.1 Å². The van der Waals surface area contributed by atoms with Crippen LogP contribution in [0.2, 0.25) is 0 Å². The molecule has 1 unspecified atom stereocenters. The molecule has 2 rings (SSSR count). The summed E-state index contributed by atoms with van der Waals surface area (Å²) in [5.41, 5.74) is 0. The quantitative estimate of drug-likeness (QED) is 0.740. The van der Waals surface area contributed by atoms with Crippen molar-refractivity contribution in [3.8, 4) is 0 Å². The van der Waals surface area contributed by atoms with Crippen molar-refractivity contribution in [2.24, 2.45) is 5.92 Å². The Morgan fingerprint density at radius 3 is 2.29 bits per heavy atom. The van der Waals surface area contributed by atoms with Crippen LogP contribution < -0.4 is 5.32 Å². The van der Waals surface area contributed by atoms with Gasteiger partial charge in [-0.25, -0.2) is 0 Å². The van der Waals surface area contributed by atoms with Crippen molar-refractivity contribution in [2.75, 3.05) is 39.3 Å². The molecule has 5 heteroatoms. The summed E-state index contributed by atoms with van der Waals surface area (Å²) in [6.07, 6.45) is 5.15. The van der Waals surface area contributed by atoms with Crippen LogP contribution in [0.4, 0.5) is 0 Å². The third-order valence-corrected chi connectivity index (χ3v) is 4.70. The van der Waals surface area contributed by atoms with Gasteiger partial charge in [-0.2, -0.15) is 0 Å². The summed E-state index contributed by atoms with van der Waals surface area (Å²) in [4.78, 5) is 16.2. The van der Waals surface area contributed by atoms with Gasteiger partial charge in [0.05, 0.1) is 0 Å². The van der Waals surface area contributed by atoms with Crippen molar-refractivity contribution in [2.45, 2.75) is 51.6 Å². The van der Waals surface area contributed by atoms with E-state index in [0.717, 1.165) is 19.0 Å². The highest BCUT2D eigenvalue weighted by molar-refractivity contribution is 5.73. The van der Waals surface area contributed by atoms with E-state index in [2.05, 4.69) is 15.1 Å². The highest BCUT2D eigenvalue weighted by atomic mass is 16.4. The highest BCUT2D eigenvalue weighted by Gasteiger charge is 2.26. The Bertz CT molecular complexity index is 321. The van der Waals surface area contributed by atoms with E-state index in [-0.39, 0.29) is 6.04 Å². The molecule has 2 aliphatic rings. The largest absolute Gasteiger partial charge is 0.480 e. The average Bonchev–Trinajstić information content (AvgIpc) is 2.92. The van der Waals surface area contributed by atoms with Crippen LogP contribution in [0.15, 0.2) is 0 Å². The summed E-state index contributed by atoms with van der Waals surface area (Å²) in [6, 6.07) is -0.237. The zero-order valence-electron chi connectivity index (χ0n) is 13.6. The normalized spacial score (nSPS) is 23.8. The molecule has 1 atom stereocenters. The number of piperidine rings is 1. The van der Waals surface area contributed by atoms with Gasteiger partial charge in [-0.3, -0.25) is 4.79 Å². The molecule has 0 aliphatic carbocycles. The fourth-order valence-corrected chi connectivity index (χ4v) is 3.54. The maximum atomic E-state index is 11.3. The average molecular weight is 297 g/mol. The van der Waals surface area contributed by atoms with Gasteiger partial charge < -0.3 is 20.2 Å². The monoisotopic (exact) mass is 297 g/mol. The molecular weight excluding hydrogens is 266 g/mol. The Labute approximate surface area is 128 Å². The summed E-state index contributed by atoms with van der Waals surface area (Å²) >= 11 is 0. The first-order valence-corrected chi connectivity index (χ1v) is 8.48. The van der Waals surface area contributed by atoms with Gasteiger partial charge in [-0.1, -0.05) is 13.8 Å². The second-order valence-corrected chi connectivity index (χ2v) is 6.96. The van der Waals surface area contributed by atoms with E-state index < -0.39 is 12.0 Å². The fraction of sp³-hybridized carbons (Fsp3) is 0.938. The van der Waals surface area contributed by atoms with Crippen LogP contribution in [0.1, 0.15) is 39.5 Å². The maximum Gasteiger partial charge on any atom is 0.322 e. The van der Waals surface area contributed by atoms with Crippen molar-refractivity contribution in [3.63, 3.8) is 0 Å². The Morgan fingerprint density at radius 2 is 1.76 bits per heavy atom. The summed E-state index contributed by atoms with van der Waals surface area (Å²) in [5.74, 6) is 0.0728. The van der Waals surface area contributed by atoms with E-state index in [1.807, 2.05) is 13.8 Å². The lowest BCUT2D eigenvalue weighted by Crippen LogP contribution is -2.50. The molecule has 122 valence electrons. The van der Waals surface area contributed by atoms with Gasteiger partial charge >= 0.3 is 5.97 Å². The lowest BCUT2D eigenvalue weighted by atomic mass is 9.96. The number of rotatable bonds is 7. The highest BCUT2D eigenvalue weighted by Crippen LogP contribution is 2.20. The lowest BCUT2D eigenvalue weighted by Gasteiger charge is -2.35. The molecule has 0 bridgehead atoms. The number of nitrogens with one attached hydrogen (secondary N) is 1. The standard InChI is InChI=1S/C16H31N3O2/c1-13(2)17-15(16(20)21)12-19-9-5-14(6-10-19)11-18-7-3-4-8-18/h13-15,17H,3-12H2,1-2H3,(H,20,21). The van der Waals surface area contributed by atoms with Crippen molar-refractivity contribution in [3.05, 3.63) is 0 Å². The SMILES string of the molecule is CC(C)NC(CN1CCC(CN2CCCC2)CC1)C(=O)O. The zero-order chi connectivity index (χ0) is 15.2. The molecule has 2 aliphatic heterocycles. The van der Waals surface area contributed by atoms with Crippen LogP contribution in [-0.4, -0.2) is 72.2 Å². The number of likely N-dealkylation sites (tertiary alicyclic amines) is 2. The summed E-state index contributed by atoms with van der Waals surface area (Å²) in [5, 5.41) is 12.4. The summed E-state index contributed by atoms with van der Waals surface area (Å²) in [6.45, 7) is 10.5. The molecule has 0 aromatic rings. The van der Waals surface area contributed by atoms with E-state index >= 15 is 0 Å². The number of carboxylic acid groups (broad SMARTS) is 1. The molecule has 0 aromatic heterocycles. The Balaban J connectivity index is 1.70. The molecule has 5 nitrogen and oxygen atoms in total. The molecular formula is C16H31N3O2. The van der Waals surface area contributed by atoms with Gasteiger partial charge in [0.1, 0.15) is 6.04 Å². The van der Waals surface area contributed by atoms with Gasteiger partial charge in [0.15, 0.2) is 0 Å². The van der Waals surface area contributed by atoms with Gasteiger partial charge in [0.25, 0.3) is 0 Å². The zero-order valence-corrected chi connectivity index (χ0v) is 13.6. The fourth-order valence-electron chi connectivity index (χ4n) is 3.54. The number of nitrogens with zero attached hydrogens (tertiary/aromatic N) is 2. The second-order valence-electron chi connectivity index (χ2n) is 6.96. The van der Waals surface area contributed by atoms with E-state index in [4.69, 9.17) is 0 Å². The smallest absolute Gasteiger partial charge is 0.322 e. The molecule has 2 fully saturated rings. The molecule has 0 radical (unpaired) electrons. The molecule has 2 heterocycles. The van der Waals surface area contributed by atoms with E-state index in [1.165, 1.54) is 45.3 Å². The van der Waals surface area contributed by atoms with Crippen LogP contribution in [0.3, 0.4) is 0 Å². The number of aliphatic carboxylic acids is 1. The molecule has 21 heavy (non-hydrogen) atoms. The van der Waals surface area contributed by atoms with Crippen LogP contribution in [-0.2, 0) is 4.79 Å².